The van der Waals surface area contributed by atoms with Crippen LogP contribution in [0.5, 0.6) is 0 Å². The summed E-state index contributed by atoms with van der Waals surface area (Å²) in [5.41, 5.74) is 1.17. The van der Waals surface area contributed by atoms with E-state index in [0.717, 1.165) is 12.8 Å². The second kappa shape index (κ2) is 8.52. The fourth-order valence-corrected chi connectivity index (χ4v) is 3.31. The Labute approximate surface area is 158 Å². The van der Waals surface area contributed by atoms with Gasteiger partial charge in [-0.15, -0.1) is 0 Å². The van der Waals surface area contributed by atoms with E-state index in [4.69, 9.17) is 4.42 Å². The van der Waals surface area contributed by atoms with Crippen LogP contribution >= 0.6 is 0 Å². The Morgan fingerprint density at radius 1 is 1.22 bits per heavy atom. The highest BCUT2D eigenvalue weighted by molar-refractivity contribution is 5.99. The van der Waals surface area contributed by atoms with Crippen molar-refractivity contribution in [3.8, 4) is 0 Å². The first-order valence-electron chi connectivity index (χ1n) is 9.46. The lowest BCUT2D eigenvalue weighted by atomic mass is 10.1. The van der Waals surface area contributed by atoms with E-state index in [1.165, 1.54) is 12.1 Å². The third kappa shape index (κ3) is 4.47. The SMILES string of the molecule is CCCCNC(=O)CN1CCN(C(=O)c2oc3ccc(F)cc3c2C)CC1. The molecule has 1 aliphatic rings. The zero-order chi connectivity index (χ0) is 19.4. The number of unbranched alkanes of at least 4 members (excludes halogenated alkanes) is 1. The topological polar surface area (TPSA) is 65.8 Å². The lowest BCUT2D eigenvalue weighted by Crippen LogP contribution is -2.51. The van der Waals surface area contributed by atoms with Gasteiger partial charge in [-0.05, 0) is 31.5 Å². The molecule has 0 spiro atoms. The van der Waals surface area contributed by atoms with E-state index < -0.39 is 0 Å². The predicted octanol–water partition coefficient (Wildman–Crippen LogP) is 2.55. The molecule has 6 nitrogen and oxygen atoms in total. The minimum absolute atomic E-state index is 0.0263. The molecule has 146 valence electrons. The van der Waals surface area contributed by atoms with Gasteiger partial charge in [-0.25, -0.2) is 4.39 Å². The molecule has 2 heterocycles. The summed E-state index contributed by atoms with van der Waals surface area (Å²) in [6.45, 7) is 7.27. The summed E-state index contributed by atoms with van der Waals surface area (Å²) in [5.74, 6) is -0.243. The maximum absolute atomic E-state index is 13.5. The number of furan rings is 1. The van der Waals surface area contributed by atoms with Gasteiger partial charge in [0.25, 0.3) is 5.91 Å². The van der Waals surface area contributed by atoms with Crippen LogP contribution in [-0.4, -0.2) is 60.9 Å². The third-order valence-electron chi connectivity index (χ3n) is 4.97. The van der Waals surface area contributed by atoms with Gasteiger partial charge in [-0.2, -0.15) is 0 Å². The standard InChI is InChI=1S/C20H26FN3O3/c1-3-4-7-22-18(25)13-23-8-10-24(11-9-23)20(26)19-14(2)16-12-15(21)5-6-17(16)27-19/h5-6,12H,3-4,7-11,13H2,1-2H3,(H,22,25). The molecule has 0 bridgehead atoms. The minimum Gasteiger partial charge on any atom is -0.451 e. The minimum atomic E-state index is -0.351. The van der Waals surface area contributed by atoms with Gasteiger partial charge in [0, 0.05) is 43.7 Å². The summed E-state index contributed by atoms with van der Waals surface area (Å²) < 4.78 is 19.1. The quantitative estimate of drug-likeness (QED) is 0.788. The molecule has 0 radical (unpaired) electrons. The van der Waals surface area contributed by atoms with Gasteiger partial charge in [0.05, 0.1) is 6.54 Å². The Morgan fingerprint density at radius 2 is 1.96 bits per heavy atom. The Hall–Kier alpha value is -2.41. The van der Waals surface area contributed by atoms with E-state index in [1.54, 1.807) is 17.9 Å². The monoisotopic (exact) mass is 375 g/mol. The van der Waals surface area contributed by atoms with E-state index in [9.17, 15) is 14.0 Å². The normalized spacial score (nSPS) is 15.3. The summed E-state index contributed by atoms with van der Waals surface area (Å²) in [5, 5.41) is 3.54. The van der Waals surface area contributed by atoms with Crippen LogP contribution in [0.25, 0.3) is 11.0 Å². The summed E-state index contributed by atoms with van der Waals surface area (Å²) in [6.07, 6.45) is 2.03. The lowest BCUT2D eigenvalue weighted by molar-refractivity contribution is -0.122. The number of piperazine rings is 1. The summed E-state index contributed by atoms with van der Waals surface area (Å²) >= 11 is 0. The van der Waals surface area contributed by atoms with Crippen LogP contribution in [0.4, 0.5) is 4.39 Å². The Bertz CT molecular complexity index is 825. The second-order valence-corrected chi connectivity index (χ2v) is 6.97. The van der Waals surface area contributed by atoms with Crippen LogP contribution in [0.3, 0.4) is 0 Å². The Kier molecular flexibility index (Phi) is 6.11. The number of carbonyl (C=O) groups excluding carboxylic acids is 2. The molecule has 0 atom stereocenters. The highest BCUT2D eigenvalue weighted by Gasteiger charge is 2.27. The number of nitrogens with zero attached hydrogens (tertiary/aromatic N) is 2. The van der Waals surface area contributed by atoms with Crippen molar-refractivity contribution < 1.29 is 18.4 Å². The first-order valence-corrected chi connectivity index (χ1v) is 9.46. The van der Waals surface area contributed by atoms with Crippen molar-refractivity contribution in [3.63, 3.8) is 0 Å². The number of aryl methyl sites for hydroxylation is 1. The Morgan fingerprint density at radius 3 is 2.67 bits per heavy atom. The van der Waals surface area contributed by atoms with E-state index in [2.05, 4.69) is 12.2 Å². The molecule has 3 rings (SSSR count). The third-order valence-corrected chi connectivity index (χ3v) is 4.97. The van der Waals surface area contributed by atoms with Crippen LogP contribution in [0.2, 0.25) is 0 Å². The fraction of sp³-hybridized carbons (Fsp3) is 0.500. The zero-order valence-electron chi connectivity index (χ0n) is 15.9. The average molecular weight is 375 g/mol. The van der Waals surface area contributed by atoms with Gasteiger partial charge in [-0.1, -0.05) is 13.3 Å². The molecular weight excluding hydrogens is 349 g/mol. The maximum atomic E-state index is 13.5. The van der Waals surface area contributed by atoms with Gasteiger partial charge in [-0.3, -0.25) is 14.5 Å². The second-order valence-electron chi connectivity index (χ2n) is 6.97. The van der Waals surface area contributed by atoms with Gasteiger partial charge in [0.2, 0.25) is 5.91 Å². The number of amides is 2. The van der Waals surface area contributed by atoms with Crippen molar-refractivity contribution in [1.82, 2.24) is 15.1 Å². The molecule has 1 fully saturated rings. The molecule has 7 heteroatoms. The number of fused-ring (bicyclic) bond motifs is 1. The fourth-order valence-electron chi connectivity index (χ4n) is 3.31. The summed E-state index contributed by atoms with van der Waals surface area (Å²) in [6, 6.07) is 4.26. The van der Waals surface area contributed by atoms with E-state index in [0.29, 0.717) is 55.8 Å². The molecule has 1 saturated heterocycles. The molecule has 0 saturated carbocycles. The molecule has 2 aromatic rings. The number of halogens is 1. The molecule has 1 aromatic carbocycles. The van der Waals surface area contributed by atoms with E-state index in [1.807, 2.05) is 4.90 Å². The average Bonchev–Trinajstić information content (AvgIpc) is 2.98. The number of hydrogen-bond donors (Lipinski definition) is 1. The first-order chi connectivity index (χ1) is 13.0. The molecular formula is C20H26FN3O3. The van der Waals surface area contributed by atoms with Crippen LogP contribution in [-0.2, 0) is 4.79 Å². The number of nitrogens with one attached hydrogen (secondary N) is 1. The highest BCUT2D eigenvalue weighted by atomic mass is 19.1. The molecule has 0 unspecified atom stereocenters. The predicted molar refractivity (Wildman–Crippen MR) is 101 cm³/mol. The maximum Gasteiger partial charge on any atom is 0.289 e. The zero-order valence-corrected chi connectivity index (χ0v) is 15.9. The lowest BCUT2D eigenvalue weighted by Gasteiger charge is -2.33. The van der Waals surface area contributed by atoms with Crippen LogP contribution in [0.15, 0.2) is 22.6 Å². The van der Waals surface area contributed by atoms with Crippen molar-refractivity contribution in [1.29, 1.82) is 0 Å². The first kappa shape index (κ1) is 19.4. The molecule has 1 N–H and O–H groups in total. The van der Waals surface area contributed by atoms with Gasteiger partial charge >= 0.3 is 0 Å². The highest BCUT2D eigenvalue weighted by Crippen LogP contribution is 2.27. The summed E-state index contributed by atoms with van der Waals surface area (Å²) in [4.78, 5) is 28.5. The van der Waals surface area contributed by atoms with Crippen molar-refractivity contribution in [2.24, 2.45) is 0 Å². The smallest absolute Gasteiger partial charge is 0.289 e. The van der Waals surface area contributed by atoms with Crippen molar-refractivity contribution >= 4 is 22.8 Å². The molecule has 0 aliphatic carbocycles. The molecule has 1 aliphatic heterocycles. The van der Waals surface area contributed by atoms with Crippen molar-refractivity contribution in [2.75, 3.05) is 39.3 Å². The van der Waals surface area contributed by atoms with Crippen molar-refractivity contribution in [3.05, 3.63) is 35.3 Å². The number of carbonyl (C=O) groups is 2. The summed E-state index contributed by atoms with van der Waals surface area (Å²) in [7, 11) is 0. The molecule has 27 heavy (non-hydrogen) atoms. The number of rotatable bonds is 6. The van der Waals surface area contributed by atoms with Gasteiger partial charge < -0.3 is 14.6 Å². The van der Waals surface area contributed by atoms with E-state index in [-0.39, 0.29) is 23.4 Å². The molecule has 2 amide bonds. The van der Waals surface area contributed by atoms with Crippen LogP contribution in [0, 0.1) is 12.7 Å². The van der Waals surface area contributed by atoms with Crippen LogP contribution < -0.4 is 5.32 Å². The number of hydrogen-bond acceptors (Lipinski definition) is 4. The van der Waals surface area contributed by atoms with Crippen LogP contribution in [0.1, 0.15) is 35.9 Å². The number of benzene rings is 1. The van der Waals surface area contributed by atoms with Gasteiger partial charge in [0.15, 0.2) is 5.76 Å². The van der Waals surface area contributed by atoms with E-state index >= 15 is 0 Å². The molecule has 1 aromatic heterocycles. The Balaban J connectivity index is 1.57. The van der Waals surface area contributed by atoms with Crippen molar-refractivity contribution in [2.45, 2.75) is 26.7 Å². The largest absolute Gasteiger partial charge is 0.451 e. The van der Waals surface area contributed by atoms with Gasteiger partial charge in [0.1, 0.15) is 11.4 Å².